The second-order valence-electron chi connectivity index (χ2n) is 5.34. The Labute approximate surface area is 143 Å². The standard InChI is InChI=1S/C10H8BrNO.C7H13N3/c11-8-2-1-3-10-7(4-8)5-9(6-13)12-10;1-6(8-2)7-4-9-10(3)5-7/h2-6,12H,1H2;4-6,8H,1-3H3. The van der Waals surface area contributed by atoms with E-state index in [1.54, 1.807) is 0 Å². The van der Waals surface area contributed by atoms with Crippen LogP contribution in [-0.2, 0) is 7.05 Å². The van der Waals surface area contributed by atoms with Crippen molar-refractivity contribution in [3.63, 3.8) is 0 Å². The highest BCUT2D eigenvalue weighted by Gasteiger charge is 2.02. The molecule has 1 aliphatic rings. The van der Waals surface area contributed by atoms with Crippen molar-refractivity contribution < 1.29 is 4.79 Å². The highest BCUT2D eigenvalue weighted by atomic mass is 79.9. The molecule has 1 atom stereocenters. The predicted molar refractivity (Wildman–Crippen MR) is 96.7 cm³/mol. The molecule has 0 amide bonds. The third-order valence-corrected chi connectivity index (χ3v) is 4.17. The zero-order valence-electron chi connectivity index (χ0n) is 13.5. The average Bonchev–Trinajstić information content (AvgIpc) is 3.10. The third kappa shape index (κ3) is 4.77. The molecule has 1 aliphatic carbocycles. The van der Waals surface area contributed by atoms with Gasteiger partial charge in [0.05, 0.1) is 11.9 Å². The van der Waals surface area contributed by atoms with Crippen LogP contribution in [0.3, 0.4) is 0 Å². The smallest absolute Gasteiger partial charge is 0.166 e. The summed E-state index contributed by atoms with van der Waals surface area (Å²) in [6.45, 7) is 2.11. The minimum absolute atomic E-state index is 0.397. The number of aldehydes is 1. The fourth-order valence-electron chi connectivity index (χ4n) is 2.19. The maximum atomic E-state index is 10.5. The molecule has 2 N–H and O–H groups in total. The highest BCUT2D eigenvalue weighted by Crippen LogP contribution is 2.09. The molecule has 0 saturated heterocycles. The van der Waals surface area contributed by atoms with Crippen LogP contribution in [0.4, 0.5) is 0 Å². The minimum Gasteiger partial charge on any atom is -0.353 e. The van der Waals surface area contributed by atoms with Crippen molar-refractivity contribution in [3.05, 3.63) is 50.8 Å². The van der Waals surface area contributed by atoms with E-state index in [1.807, 2.05) is 43.3 Å². The Hall–Kier alpha value is -1.92. The summed E-state index contributed by atoms with van der Waals surface area (Å²) < 4.78 is 2.86. The summed E-state index contributed by atoms with van der Waals surface area (Å²) in [5, 5.41) is 9.28. The van der Waals surface area contributed by atoms with E-state index in [0.29, 0.717) is 11.7 Å². The molecule has 0 aliphatic heterocycles. The minimum atomic E-state index is 0.397. The molecule has 2 aromatic heterocycles. The van der Waals surface area contributed by atoms with Gasteiger partial charge in [-0.25, -0.2) is 0 Å². The fourth-order valence-corrected chi connectivity index (χ4v) is 2.62. The van der Waals surface area contributed by atoms with Gasteiger partial charge in [0.2, 0.25) is 0 Å². The normalized spacial score (nSPS) is 14.2. The lowest BCUT2D eigenvalue weighted by Crippen LogP contribution is -2.21. The lowest BCUT2D eigenvalue weighted by Gasteiger charge is -2.04. The summed E-state index contributed by atoms with van der Waals surface area (Å²) in [5.41, 5.74) is 1.85. The molecule has 1 unspecified atom stereocenters. The summed E-state index contributed by atoms with van der Waals surface area (Å²) >= 11 is 3.42. The largest absolute Gasteiger partial charge is 0.353 e. The SMILES string of the molecule is CNC(C)c1cnn(C)c1.O=Cc1cc2c([nH]1)=CCC=C(Br)C=2. The number of halogens is 1. The van der Waals surface area contributed by atoms with Crippen LogP contribution < -0.4 is 15.9 Å². The van der Waals surface area contributed by atoms with E-state index in [4.69, 9.17) is 0 Å². The highest BCUT2D eigenvalue weighted by molar-refractivity contribution is 9.12. The molecule has 122 valence electrons. The number of nitrogens with zero attached hydrogens (tertiary/aromatic N) is 2. The number of aromatic amines is 1. The molecule has 0 aromatic carbocycles. The monoisotopic (exact) mass is 376 g/mol. The van der Waals surface area contributed by atoms with Crippen LogP contribution in [0.2, 0.25) is 0 Å². The number of aromatic nitrogens is 3. The van der Waals surface area contributed by atoms with E-state index in [-0.39, 0.29) is 0 Å². The van der Waals surface area contributed by atoms with Gasteiger partial charge >= 0.3 is 0 Å². The molecule has 2 aromatic rings. The van der Waals surface area contributed by atoms with E-state index in [0.717, 1.165) is 27.8 Å². The fraction of sp³-hybridized carbons (Fsp3) is 0.294. The first kappa shape index (κ1) is 17.4. The maximum Gasteiger partial charge on any atom is 0.166 e. The molecule has 0 radical (unpaired) electrons. The van der Waals surface area contributed by atoms with E-state index in [1.165, 1.54) is 5.56 Å². The van der Waals surface area contributed by atoms with Crippen LogP contribution in [0.25, 0.3) is 12.2 Å². The van der Waals surface area contributed by atoms with Gasteiger partial charge in [-0.2, -0.15) is 5.10 Å². The van der Waals surface area contributed by atoms with Gasteiger partial charge in [-0.3, -0.25) is 9.48 Å². The van der Waals surface area contributed by atoms with Gasteiger partial charge in [0.15, 0.2) is 6.29 Å². The number of carbonyl (C=O) groups is 1. The molecule has 3 rings (SSSR count). The molecular weight excluding hydrogens is 356 g/mol. The number of allylic oxidation sites excluding steroid dienone is 2. The number of fused-ring (bicyclic) bond motifs is 1. The lowest BCUT2D eigenvalue weighted by molar-refractivity contribution is 0.111. The molecule has 2 heterocycles. The first-order valence-electron chi connectivity index (χ1n) is 7.41. The summed E-state index contributed by atoms with van der Waals surface area (Å²) in [6.07, 6.45) is 11.7. The number of rotatable bonds is 3. The van der Waals surface area contributed by atoms with Crippen LogP contribution >= 0.6 is 15.9 Å². The maximum absolute atomic E-state index is 10.5. The first-order valence-corrected chi connectivity index (χ1v) is 8.20. The summed E-state index contributed by atoms with van der Waals surface area (Å²) in [7, 11) is 3.86. The molecule has 5 nitrogen and oxygen atoms in total. The summed E-state index contributed by atoms with van der Waals surface area (Å²) in [5.74, 6) is 0. The Morgan fingerprint density at radius 3 is 2.87 bits per heavy atom. The molecule has 0 bridgehead atoms. The molecular formula is C17H21BrN4O. The molecule has 23 heavy (non-hydrogen) atoms. The number of hydrogen-bond acceptors (Lipinski definition) is 3. The third-order valence-electron chi connectivity index (χ3n) is 3.61. The van der Waals surface area contributed by atoms with Crippen molar-refractivity contribution >= 4 is 34.4 Å². The van der Waals surface area contributed by atoms with Crippen molar-refractivity contribution in [2.45, 2.75) is 19.4 Å². The van der Waals surface area contributed by atoms with Crippen molar-refractivity contribution in [1.29, 1.82) is 0 Å². The van der Waals surface area contributed by atoms with Gasteiger partial charge < -0.3 is 10.3 Å². The second kappa shape index (κ2) is 8.08. The van der Waals surface area contributed by atoms with E-state index in [9.17, 15) is 4.79 Å². The van der Waals surface area contributed by atoms with Crippen molar-refractivity contribution in [2.24, 2.45) is 7.05 Å². The molecule has 6 heteroatoms. The number of carbonyl (C=O) groups excluding carboxylic acids is 1. The predicted octanol–water partition coefficient (Wildman–Crippen LogP) is 1.77. The van der Waals surface area contributed by atoms with Crippen molar-refractivity contribution in [1.82, 2.24) is 20.1 Å². The number of aryl methyl sites for hydroxylation is 1. The van der Waals surface area contributed by atoms with Gasteiger partial charge in [-0.1, -0.05) is 28.1 Å². The van der Waals surface area contributed by atoms with E-state index in [2.05, 4.69) is 50.4 Å². The van der Waals surface area contributed by atoms with Crippen LogP contribution in [0, 0.1) is 0 Å². The quantitative estimate of drug-likeness (QED) is 0.802. The average molecular weight is 377 g/mol. The topological polar surface area (TPSA) is 62.7 Å². The Morgan fingerprint density at radius 2 is 2.26 bits per heavy atom. The zero-order chi connectivity index (χ0) is 16.8. The van der Waals surface area contributed by atoms with Gasteiger partial charge in [-0.15, -0.1) is 0 Å². The van der Waals surface area contributed by atoms with Gasteiger partial charge in [0.1, 0.15) is 0 Å². The van der Waals surface area contributed by atoms with Crippen LogP contribution in [-0.4, -0.2) is 28.1 Å². The van der Waals surface area contributed by atoms with Gasteiger partial charge in [-0.05, 0) is 32.5 Å². The first-order chi connectivity index (χ1) is 11.0. The Balaban J connectivity index is 0.000000174. The van der Waals surface area contributed by atoms with Crippen molar-refractivity contribution in [2.75, 3.05) is 7.05 Å². The van der Waals surface area contributed by atoms with Crippen LogP contribution in [0.5, 0.6) is 0 Å². The number of nitrogens with one attached hydrogen (secondary N) is 2. The van der Waals surface area contributed by atoms with Crippen molar-refractivity contribution in [3.8, 4) is 0 Å². The number of H-pyrrole nitrogens is 1. The van der Waals surface area contributed by atoms with E-state index < -0.39 is 0 Å². The zero-order valence-corrected chi connectivity index (χ0v) is 15.1. The van der Waals surface area contributed by atoms with E-state index >= 15 is 0 Å². The second-order valence-corrected chi connectivity index (χ2v) is 6.26. The summed E-state index contributed by atoms with van der Waals surface area (Å²) in [4.78, 5) is 13.5. The Kier molecular flexibility index (Phi) is 6.12. The Bertz CT molecular complexity index is 816. The summed E-state index contributed by atoms with van der Waals surface area (Å²) in [6, 6.07) is 2.24. The van der Waals surface area contributed by atoms with Gasteiger partial charge in [0, 0.05) is 39.9 Å². The van der Waals surface area contributed by atoms with Crippen LogP contribution in [0.1, 0.15) is 35.4 Å². The lowest BCUT2D eigenvalue weighted by atomic mass is 10.2. The Morgan fingerprint density at radius 1 is 1.48 bits per heavy atom. The molecule has 0 saturated carbocycles. The van der Waals surface area contributed by atoms with Crippen LogP contribution in [0.15, 0.2) is 29.0 Å². The van der Waals surface area contributed by atoms with Gasteiger partial charge in [0.25, 0.3) is 0 Å². The molecule has 0 spiro atoms. The number of hydrogen-bond donors (Lipinski definition) is 2. The molecule has 0 fully saturated rings.